The first-order valence-corrected chi connectivity index (χ1v) is 9.10. The van der Waals surface area contributed by atoms with Gasteiger partial charge in [-0.1, -0.05) is 42.5 Å². The Morgan fingerprint density at radius 1 is 0.966 bits per heavy atom. The van der Waals surface area contributed by atoms with Crippen molar-refractivity contribution in [2.24, 2.45) is 0 Å². The maximum Gasteiger partial charge on any atom is 0.331 e. The van der Waals surface area contributed by atoms with E-state index in [1.165, 1.54) is 12.3 Å². The smallest absolute Gasteiger partial charge is 0.331 e. The van der Waals surface area contributed by atoms with Crippen LogP contribution in [0.4, 0.5) is 0 Å². The van der Waals surface area contributed by atoms with Crippen LogP contribution in [0.3, 0.4) is 0 Å². The van der Waals surface area contributed by atoms with E-state index in [2.05, 4.69) is 5.32 Å². The minimum Gasteiger partial charge on any atom is -0.489 e. The first kappa shape index (κ1) is 19.9. The lowest BCUT2D eigenvalue weighted by molar-refractivity contribution is -0.143. The van der Waals surface area contributed by atoms with E-state index in [4.69, 9.17) is 13.9 Å². The topological polar surface area (TPSA) is 77.8 Å². The van der Waals surface area contributed by atoms with Crippen molar-refractivity contribution >= 4 is 18.0 Å². The van der Waals surface area contributed by atoms with Crippen LogP contribution in [0.15, 0.2) is 83.5 Å². The molecule has 1 N–H and O–H groups in total. The van der Waals surface area contributed by atoms with Gasteiger partial charge in [-0.25, -0.2) is 4.79 Å². The first-order valence-electron chi connectivity index (χ1n) is 9.10. The van der Waals surface area contributed by atoms with Crippen molar-refractivity contribution in [2.45, 2.75) is 13.2 Å². The van der Waals surface area contributed by atoms with Gasteiger partial charge in [0.15, 0.2) is 6.61 Å². The number of esters is 1. The minimum atomic E-state index is -0.595. The van der Waals surface area contributed by atoms with E-state index < -0.39 is 11.9 Å². The van der Waals surface area contributed by atoms with Gasteiger partial charge in [-0.2, -0.15) is 0 Å². The first-order chi connectivity index (χ1) is 14.2. The van der Waals surface area contributed by atoms with Gasteiger partial charge >= 0.3 is 5.97 Å². The average Bonchev–Trinajstić information content (AvgIpc) is 3.28. The maximum atomic E-state index is 11.7. The van der Waals surface area contributed by atoms with E-state index >= 15 is 0 Å². The van der Waals surface area contributed by atoms with Gasteiger partial charge in [0, 0.05) is 6.08 Å². The predicted molar refractivity (Wildman–Crippen MR) is 108 cm³/mol. The lowest BCUT2D eigenvalue weighted by Crippen LogP contribution is -2.27. The average molecular weight is 391 g/mol. The fourth-order valence-electron chi connectivity index (χ4n) is 2.42. The molecule has 0 fully saturated rings. The number of rotatable bonds is 9. The third-order valence-corrected chi connectivity index (χ3v) is 3.93. The quantitative estimate of drug-likeness (QED) is 0.444. The Balaban J connectivity index is 1.38. The second kappa shape index (κ2) is 10.5. The van der Waals surface area contributed by atoms with Gasteiger partial charge in [-0.3, -0.25) is 4.79 Å². The largest absolute Gasteiger partial charge is 0.489 e. The van der Waals surface area contributed by atoms with Crippen LogP contribution in [0.5, 0.6) is 5.75 Å². The summed E-state index contributed by atoms with van der Waals surface area (Å²) in [7, 11) is 0. The predicted octanol–water partition coefficient (Wildman–Crippen LogP) is 3.73. The van der Waals surface area contributed by atoms with Crippen molar-refractivity contribution in [3.8, 4) is 5.75 Å². The molecule has 1 aromatic heterocycles. The molecule has 0 spiro atoms. The molecule has 3 aromatic rings. The van der Waals surface area contributed by atoms with Gasteiger partial charge in [0.2, 0.25) is 0 Å². The van der Waals surface area contributed by atoms with Crippen LogP contribution in [0.2, 0.25) is 0 Å². The molecule has 1 amide bonds. The summed E-state index contributed by atoms with van der Waals surface area (Å²) in [5, 5.41) is 2.60. The van der Waals surface area contributed by atoms with E-state index in [1.54, 1.807) is 18.2 Å². The van der Waals surface area contributed by atoms with Crippen LogP contribution in [0.1, 0.15) is 16.9 Å². The fraction of sp³-hybridized carbons (Fsp3) is 0.130. The van der Waals surface area contributed by atoms with E-state index in [9.17, 15) is 9.59 Å². The molecule has 0 aliphatic carbocycles. The fourth-order valence-corrected chi connectivity index (χ4v) is 2.42. The zero-order chi connectivity index (χ0) is 20.3. The van der Waals surface area contributed by atoms with Gasteiger partial charge < -0.3 is 19.2 Å². The van der Waals surface area contributed by atoms with Crippen molar-refractivity contribution < 1.29 is 23.5 Å². The summed E-state index contributed by atoms with van der Waals surface area (Å²) in [6, 6.07) is 20.7. The molecule has 1 heterocycles. The summed E-state index contributed by atoms with van der Waals surface area (Å²) in [6.07, 6.45) is 4.41. The van der Waals surface area contributed by atoms with Crippen LogP contribution in [0, 0.1) is 0 Å². The third-order valence-electron chi connectivity index (χ3n) is 3.93. The molecule has 3 rings (SSSR count). The standard InChI is InChI=1S/C23H21NO5/c25-22(24-15-21-7-4-14-27-21)17-29-23(26)13-10-18-8-11-20(12-9-18)28-16-19-5-2-1-3-6-19/h1-14H,15-17H2,(H,24,25)/b13-10+. The minimum absolute atomic E-state index is 0.248. The molecule has 0 saturated carbocycles. The molecule has 0 radical (unpaired) electrons. The zero-order valence-corrected chi connectivity index (χ0v) is 15.7. The molecule has 148 valence electrons. The van der Waals surface area contributed by atoms with Gasteiger partial charge in [0.05, 0.1) is 12.8 Å². The van der Waals surface area contributed by atoms with Crippen molar-refractivity contribution in [1.82, 2.24) is 5.32 Å². The highest BCUT2D eigenvalue weighted by molar-refractivity contribution is 5.89. The molecule has 6 nitrogen and oxygen atoms in total. The molecule has 0 aliphatic rings. The lowest BCUT2D eigenvalue weighted by atomic mass is 10.2. The van der Waals surface area contributed by atoms with Crippen LogP contribution in [-0.4, -0.2) is 18.5 Å². The second-order valence-electron chi connectivity index (χ2n) is 6.14. The van der Waals surface area contributed by atoms with E-state index in [0.29, 0.717) is 12.4 Å². The number of hydrogen-bond donors (Lipinski definition) is 1. The maximum absolute atomic E-state index is 11.7. The third kappa shape index (κ3) is 7.03. The highest BCUT2D eigenvalue weighted by Gasteiger charge is 2.06. The normalized spacial score (nSPS) is 10.6. The molecular weight excluding hydrogens is 370 g/mol. The number of carbonyl (C=O) groups excluding carboxylic acids is 2. The van der Waals surface area contributed by atoms with E-state index in [0.717, 1.165) is 16.9 Å². The second-order valence-corrected chi connectivity index (χ2v) is 6.14. The molecule has 2 aromatic carbocycles. The zero-order valence-electron chi connectivity index (χ0n) is 15.7. The molecule has 0 unspecified atom stereocenters. The number of hydrogen-bond acceptors (Lipinski definition) is 5. The number of ether oxygens (including phenoxy) is 2. The number of benzene rings is 2. The molecule has 29 heavy (non-hydrogen) atoms. The van der Waals surface area contributed by atoms with Gasteiger partial charge in [0.25, 0.3) is 5.91 Å². The Morgan fingerprint density at radius 2 is 1.76 bits per heavy atom. The van der Waals surface area contributed by atoms with E-state index in [-0.39, 0.29) is 13.2 Å². The Kier molecular flexibility index (Phi) is 7.23. The van der Waals surface area contributed by atoms with Gasteiger partial charge in [-0.15, -0.1) is 0 Å². The Hall–Kier alpha value is -3.80. The van der Waals surface area contributed by atoms with Crippen LogP contribution < -0.4 is 10.1 Å². The van der Waals surface area contributed by atoms with Crippen LogP contribution in [0.25, 0.3) is 6.08 Å². The van der Waals surface area contributed by atoms with Crippen molar-refractivity contribution in [3.63, 3.8) is 0 Å². The Bertz CT molecular complexity index is 931. The van der Waals surface area contributed by atoms with Crippen molar-refractivity contribution in [1.29, 1.82) is 0 Å². The summed E-state index contributed by atoms with van der Waals surface area (Å²) in [5.41, 5.74) is 1.91. The molecule has 0 bridgehead atoms. The molecular formula is C23H21NO5. The summed E-state index contributed by atoms with van der Waals surface area (Å²) in [5.74, 6) is 0.369. The Morgan fingerprint density at radius 3 is 2.48 bits per heavy atom. The van der Waals surface area contributed by atoms with Crippen LogP contribution in [-0.2, 0) is 27.5 Å². The highest BCUT2D eigenvalue weighted by Crippen LogP contribution is 2.15. The molecule has 0 atom stereocenters. The number of amides is 1. The lowest BCUT2D eigenvalue weighted by Gasteiger charge is -2.06. The van der Waals surface area contributed by atoms with Crippen LogP contribution >= 0.6 is 0 Å². The van der Waals surface area contributed by atoms with Gasteiger partial charge in [0.1, 0.15) is 18.1 Å². The molecule has 0 saturated heterocycles. The number of carbonyl (C=O) groups is 2. The van der Waals surface area contributed by atoms with Crippen molar-refractivity contribution in [3.05, 3.63) is 96.0 Å². The van der Waals surface area contributed by atoms with Gasteiger partial charge in [-0.05, 0) is 41.5 Å². The number of nitrogens with one attached hydrogen (secondary N) is 1. The monoisotopic (exact) mass is 391 g/mol. The summed E-state index contributed by atoms with van der Waals surface area (Å²) < 4.78 is 15.7. The van der Waals surface area contributed by atoms with E-state index in [1.807, 2.05) is 54.6 Å². The summed E-state index contributed by atoms with van der Waals surface area (Å²) in [4.78, 5) is 23.4. The number of furan rings is 1. The summed E-state index contributed by atoms with van der Waals surface area (Å²) in [6.45, 7) is 0.387. The highest BCUT2D eigenvalue weighted by atomic mass is 16.5. The molecule has 6 heteroatoms. The molecule has 0 aliphatic heterocycles. The summed E-state index contributed by atoms with van der Waals surface area (Å²) >= 11 is 0. The SMILES string of the molecule is O=C(COC(=O)/C=C/c1ccc(OCc2ccccc2)cc1)NCc1ccco1. The van der Waals surface area contributed by atoms with Crippen molar-refractivity contribution in [2.75, 3.05) is 6.61 Å². The Labute approximate surface area is 168 Å².